The summed E-state index contributed by atoms with van der Waals surface area (Å²) in [6.07, 6.45) is 3.58. The van der Waals surface area contributed by atoms with Crippen molar-refractivity contribution >= 4 is 23.1 Å². The van der Waals surface area contributed by atoms with Gasteiger partial charge in [0, 0.05) is 32.4 Å². The van der Waals surface area contributed by atoms with Gasteiger partial charge in [-0.05, 0) is 36.4 Å². The molecule has 1 aromatic carbocycles. The zero-order valence-corrected chi connectivity index (χ0v) is 16.3. The summed E-state index contributed by atoms with van der Waals surface area (Å²) in [5.41, 5.74) is 2.00. The van der Waals surface area contributed by atoms with Crippen LogP contribution in [-0.2, 0) is 0 Å². The number of benzene rings is 1. The highest BCUT2D eigenvalue weighted by Gasteiger charge is 2.19. The number of methoxy groups -OCH3 is 1. The molecule has 1 saturated heterocycles. The first-order valence-corrected chi connectivity index (χ1v) is 9.56. The Hall–Kier alpha value is -3.61. The van der Waals surface area contributed by atoms with Gasteiger partial charge in [-0.1, -0.05) is 18.2 Å². The maximum Gasteiger partial charge on any atom is 0.274 e. The number of hydrogen-bond acceptors (Lipinski definition) is 6. The molecule has 0 radical (unpaired) electrons. The highest BCUT2D eigenvalue weighted by Crippen LogP contribution is 2.24. The Morgan fingerprint density at radius 2 is 1.69 bits per heavy atom. The van der Waals surface area contributed by atoms with Crippen LogP contribution >= 0.6 is 0 Å². The van der Waals surface area contributed by atoms with E-state index < -0.39 is 0 Å². The molecule has 0 unspecified atom stereocenters. The molecule has 4 rings (SSSR count). The fourth-order valence-electron chi connectivity index (χ4n) is 3.38. The molecule has 2 aromatic heterocycles. The van der Waals surface area contributed by atoms with Gasteiger partial charge >= 0.3 is 0 Å². The van der Waals surface area contributed by atoms with Crippen LogP contribution in [0.1, 0.15) is 10.5 Å². The molecule has 1 aliphatic heterocycles. The molecule has 1 aliphatic rings. The second-order valence-electron chi connectivity index (χ2n) is 6.72. The highest BCUT2D eigenvalue weighted by atomic mass is 16.5. The molecule has 1 N–H and O–H groups in total. The number of amides is 1. The highest BCUT2D eigenvalue weighted by molar-refractivity contribution is 6.03. The van der Waals surface area contributed by atoms with Gasteiger partial charge in [0.25, 0.3) is 5.91 Å². The van der Waals surface area contributed by atoms with Crippen molar-refractivity contribution in [3.8, 4) is 5.75 Å². The smallest absolute Gasteiger partial charge is 0.274 e. The van der Waals surface area contributed by atoms with E-state index >= 15 is 0 Å². The number of carbonyl (C=O) groups excluding carboxylic acids is 1. The first-order valence-electron chi connectivity index (χ1n) is 9.56. The van der Waals surface area contributed by atoms with Crippen molar-refractivity contribution in [1.82, 2.24) is 9.97 Å². The molecule has 3 aromatic rings. The molecule has 0 bridgehead atoms. The van der Waals surface area contributed by atoms with Crippen LogP contribution in [0.4, 0.5) is 17.2 Å². The Bertz CT molecular complexity index is 954. The van der Waals surface area contributed by atoms with Gasteiger partial charge in [0.1, 0.15) is 17.3 Å². The predicted molar refractivity (Wildman–Crippen MR) is 114 cm³/mol. The molecule has 1 fully saturated rings. The standard InChI is InChI=1S/C22H23N5O2/c1-29-20-7-3-2-6-18(20)25-22(28)19-10-9-17(16-24-19)26-12-14-27(15-13-26)21-8-4-5-11-23-21/h2-11,16H,12-15H2,1H3,(H,25,28). The topological polar surface area (TPSA) is 70.6 Å². The maximum absolute atomic E-state index is 12.5. The van der Waals surface area contributed by atoms with E-state index in [0.29, 0.717) is 17.1 Å². The predicted octanol–water partition coefficient (Wildman–Crippen LogP) is 3.06. The van der Waals surface area contributed by atoms with Crippen molar-refractivity contribution in [2.24, 2.45) is 0 Å². The third kappa shape index (κ3) is 4.29. The van der Waals surface area contributed by atoms with E-state index in [1.54, 1.807) is 31.5 Å². The van der Waals surface area contributed by atoms with Gasteiger partial charge in [-0.2, -0.15) is 0 Å². The van der Waals surface area contributed by atoms with Crippen molar-refractivity contribution in [2.75, 3.05) is 48.4 Å². The summed E-state index contributed by atoms with van der Waals surface area (Å²) in [6.45, 7) is 3.55. The Labute approximate surface area is 170 Å². The molecule has 29 heavy (non-hydrogen) atoms. The fourth-order valence-corrected chi connectivity index (χ4v) is 3.38. The molecule has 3 heterocycles. The van der Waals surface area contributed by atoms with Crippen molar-refractivity contribution in [3.05, 3.63) is 72.7 Å². The molecule has 0 aliphatic carbocycles. The summed E-state index contributed by atoms with van der Waals surface area (Å²) in [4.78, 5) is 25.8. The van der Waals surface area contributed by atoms with E-state index in [9.17, 15) is 4.79 Å². The average molecular weight is 389 g/mol. The van der Waals surface area contributed by atoms with E-state index in [1.165, 1.54) is 0 Å². The molecular weight excluding hydrogens is 366 g/mol. The normalized spacial score (nSPS) is 13.8. The largest absolute Gasteiger partial charge is 0.495 e. The molecule has 7 nitrogen and oxygen atoms in total. The summed E-state index contributed by atoms with van der Waals surface area (Å²) in [5, 5.41) is 2.85. The number of ether oxygens (including phenoxy) is 1. The van der Waals surface area contributed by atoms with Gasteiger partial charge < -0.3 is 19.9 Å². The lowest BCUT2D eigenvalue weighted by Gasteiger charge is -2.36. The van der Waals surface area contributed by atoms with Gasteiger partial charge in [0.15, 0.2) is 0 Å². The molecule has 148 valence electrons. The van der Waals surface area contributed by atoms with Gasteiger partial charge in [-0.3, -0.25) is 4.79 Å². The van der Waals surface area contributed by atoms with Crippen LogP contribution in [0.15, 0.2) is 67.0 Å². The number of para-hydroxylation sites is 2. The first-order chi connectivity index (χ1) is 14.2. The van der Waals surface area contributed by atoms with Gasteiger partial charge in [-0.25, -0.2) is 9.97 Å². The number of aromatic nitrogens is 2. The number of carbonyl (C=O) groups is 1. The summed E-state index contributed by atoms with van der Waals surface area (Å²) in [5.74, 6) is 1.36. The van der Waals surface area contributed by atoms with E-state index in [0.717, 1.165) is 37.7 Å². The van der Waals surface area contributed by atoms with Gasteiger partial charge in [0.2, 0.25) is 0 Å². The molecule has 0 atom stereocenters. The van der Waals surface area contributed by atoms with Crippen LogP contribution in [-0.4, -0.2) is 49.2 Å². The quantitative estimate of drug-likeness (QED) is 0.723. The number of hydrogen-bond donors (Lipinski definition) is 1. The SMILES string of the molecule is COc1ccccc1NC(=O)c1ccc(N2CCN(c3ccccn3)CC2)cn1. The van der Waals surface area contributed by atoms with Crippen LogP contribution in [0.5, 0.6) is 5.75 Å². The lowest BCUT2D eigenvalue weighted by Crippen LogP contribution is -2.46. The first kappa shape index (κ1) is 18.7. The average Bonchev–Trinajstić information content (AvgIpc) is 2.80. The fraction of sp³-hybridized carbons (Fsp3) is 0.227. The summed E-state index contributed by atoms with van der Waals surface area (Å²) >= 11 is 0. The zero-order chi connectivity index (χ0) is 20.1. The molecular formula is C22H23N5O2. The second-order valence-corrected chi connectivity index (χ2v) is 6.72. The van der Waals surface area contributed by atoms with E-state index in [-0.39, 0.29) is 5.91 Å². The Morgan fingerprint density at radius 3 is 2.38 bits per heavy atom. The number of anilines is 3. The number of piperazine rings is 1. The van der Waals surface area contributed by atoms with Crippen LogP contribution in [0.2, 0.25) is 0 Å². The van der Waals surface area contributed by atoms with Crippen LogP contribution < -0.4 is 19.9 Å². The number of nitrogens with zero attached hydrogens (tertiary/aromatic N) is 4. The van der Waals surface area contributed by atoms with Crippen molar-refractivity contribution < 1.29 is 9.53 Å². The Morgan fingerprint density at radius 1 is 0.931 bits per heavy atom. The molecule has 7 heteroatoms. The van der Waals surface area contributed by atoms with Gasteiger partial charge in [0.05, 0.1) is 24.7 Å². The summed E-state index contributed by atoms with van der Waals surface area (Å²) in [6, 6.07) is 17.0. The van der Waals surface area contributed by atoms with Crippen LogP contribution in [0.3, 0.4) is 0 Å². The molecule has 1 amide bonds. The lowest BCUT2D eigenvalue weighted by molar-refractivity contribution is 0.102. The Balaban J connectivity index is 1.37. The Kier molecular flexibility index (Phi) is 5.56. The van der Waals surface area contributed by atoms with E-state index in [1.807, 2.05) is 42.6 Å². The molecule has 0 saturated carbocycles. The van der Waals surface area contributed by atoms with E-state index in [2.05, 4.69) is 25.1 Å². The van der Waals surface area contributed by atoms with Crippen molar-refractivity contribution in [3.63, 3.8) is 0 Å². The van der Waals surface area contributed by atoms with Crippen molar-refractivity contribution in [2.45, 2.75) is 0 Å². The zero-order valence-electron chi connectivity index (χ0n) is 16.3. The maximum atomic E-state index is 12.5. The third-order valence-corrected chi connectivity index (χ3v) is 4.95. The van der Waals surface area contributed by atoms with E-state index in [4.69, 9.17) is 4.74 Å². The number of rotatable bonds is 5. The van der Waals surface area contributed by atoms with Crippen LogP contribution in [0.25, 0.3) is 0 Å². The summed E-state index contributed by atoms with van der Waals surface area (Å²) in [7, 11) is 1.58. The minimum Gasteiger partial charge on any atom is -0.495 e. The number of nitrogens with one attached hydrogen (secondary N) is 1. The van der Waals surface area contributed by atoms with Crippen LogP contribution in [0, 0.1) is 0 Å². The minimum absolute atomic E-state index is 0.263. The van der Waals surface area contributed by atoms with Gasteiger partial charge in [-0.15, -0.1) is 0 Å². The minimum atomic E-state index is -0.263. The summed E-state index contributed by atoms with van der Waals surface area (Å²) < 4.78 is 5.27. The third-order valence-electron chi connectivity index (χ3n) is 4.95. The monoisotopic (exact) mass is 389 g/mol. The number of pyridine rings is 2. The van der Waals surface area contributed by atoms with Crippen molar-refractivity contribution in [1.29, 1.82) is 0 Å². The second kappa shape index (κ2) is 8.60. The molecule has 0 spiro atoms. The lowest BCUT2D eigenvalue weighted by atomic mass is 10.2.